The molecular formula is C59H45NO. The summed E-state index contributed by atoms with van der Waals surface area (Å²) in [4.78, 5) is 2.44. The van der Waals surface area contributed by atoms with Crippen molar-refractivity contribution in [3.8, 4) is 33.4 Å². The van der Waals surface area contributed by atoms with E-state index in [9.17, 15) is 0 Å². The molecule has 1 aliphatic rings. The van der Waals surface area contributed by atoms with Crippen LogP contribution in [0.25, 0.3) is 55.3 Å². The van der Waals surface area contributed by atoms with Crippen LogP contribution in [0.1, 0.15) is 48.6 Å². The summed E-state index contributed by atoms with van der Waals surface area (Å²) in [6, 6.07) is 79.9. The number of para-hydroxylation sites is 2. The molecule has 0 saturated heterocycles. The van der Waals surface area contributed by atoms with Crippen LogP contribution in [0.15, 0.2) is 223 Å². The summed E-state index contributed by atoms with van der Waals surface area (Å²) in [5.41, 5.74) is 18.0. The normalized spacial score (nSPS) is 13.0. The van der Waals surface area contributed by atoms with Gasteiger partial charge in [0, 0.05) is 33.4 Å². The summed E-state index contributed by atoms with van der Waals surface area (Å²) in [5, 5.41) is 2.27. The summed E-state index contributed by atoms with van der Waals surface area (Å²) < 4.78 is 6.49. The van der Waals surface area contributed by atoms with E-state index < -0.39 is 5.41 Å². The van der Waals surface area contributed by atoms with Crippen molar-refractivity contribution in [2.24, 2.45) is 0 Å². The minimum absolute atomic E-state index is 0.141. The molecule has 10 aromatic rings. The van der Waals surface area contributed by atoms with Gasteiger partial charge in [-0.2, -0.15) is 0 Å². The fourth-order valence-electron chi connectivity index (χ4n) is 9.75. The standard InChI is InChI=1S/C59H45NO/c1-58(2,3)44-37-45(59(43-19-8-5-9-20-43)54-26-13-10-21-50(54)51-22-11-14-27-55(51)59)39-48(38-44)60(46-33-29-41(30-34-46)40-17-6-4-7-18-40)47-35-31-42(32-36-47)49-24-16-25-53-52-23-12-15-28-56(52)61-57(49)53/h4-39H,1-3H3. The van der Waals surface area contributed by atoms with Crippen molar-refractivity contribution in [2.75, 3.05) is 4.90 Å². The van der Waals surface area contributed by atoms with Gasteiger partial charge in [0.15, 0.2) is 0 Å². The van der Waals surface area contributed by atoms with Gasteiger partial charge in [-0.05, 0) is 104 Å². The summed E-state index contributed by atoms with van der Waals surface area (Å²) in [6.07, 6.45) is 0. The molecule has 0 radical (unpaired) electrons. The van der Waals surface area contributed by atoms with Crippen LogP contribution in [0.5, 0.6) is 0 Å². The third-order valence-electron chi connectivity index (χ3n) is 12.7. The van der Waals surface area contributed by atoms with E-state index in [2.05, 4.69) is 232 Å². The molecule has 61 heavy (non-hydrogen) atoms. The van der Waals surface area contributed by atoms with Crippen LogP contribution in [0.4, 0.5) is 17.1 Å². The van der Waals surface area contributed by atoms with Crippen LogP contribution in [0, 0.1) is 0 Å². The number of fused-ring (bicyclic) bond motifs is 6. The van der Waals surface area contributed by atoms with Gasteiger partial charge in [0.25, 0.3) is 0 Å². The fourth-order valence-corrected chi connectivity index (χ4v) is 9.75. The topological polar surface area (TPSA) is 16.4 Å². The second-order valence-corrected chi connectivity index (χ2v) is 17.3. The number of furan rings is 1. The van der Waals surface area contributed by atoms with Crippen molar-refractivity contribution in [3.05, 3.63) is 246 Å². The molecule has 2 heteroatoms. The Bertz CT molecular complexity index is 3160. The minimum atomic E-state index is -0.539. The van der Waals surface area contributed by atoms with Crippen LogP contribution in [0.3, 0.4) is 0 Å². The van der Waals surface area contributed by atoms with Gasteiger partial charge in [0.05, 0.1) is 5.41 Å². The third kappa shape index (κ3) is 6.01. The highest BCUT2D eigenvalue weighted by molar-refractivity contribution is 6.09. The quantitative estimate of drug-likeness (QED) is 0.160. The monoisotopic (exact) mass is 783 g/mol. The Hall–Kier alpha value is -7.42. The molecule has 1 aliphatic carbocycles. The number of benzene rings is 9. The second kappa shape index (κ2) is 14.4. The van der Waals surface area contributed by atoms with Crippen LogP contribution in [-0.2, 0) is 10.8 Å². The van der Waals surface area contributed by atoms with Crippen LogP contribution < -0.4 is 4.90 Å². The lowest BCUT2D eigenvalue weighted by molar-refractivity contribution is 0.587. The third-order valence-corrected chi connectivity index (χ3v) is 12.7. The molecule has 1 heterocycles. The molecular weight excluding hydrogens is 739 g/mol. The average molecular weight is 784 g/mol. The Morgan fingerprint density at radius 2 is 0.918 bits per heavy atom. The van der Waals surface area contributed by atoms with E-state index in [0.29, 0.717) is 0 Å². The molecule has 0 spiro atoms. The molecule has 0 amide bonds. The minimum Gasteiger partial charge on any atom is -0.455 e. The Labute approximate surface area is 358 Å². The summed E-state index contributed by atoms with van der Waals surface area (Å²) in [7, 11) is 0. The predicted molar refractivity (Wildman–Crippen MR) is 255 cm³/mol. The molecule has 0 unspecified atom stereocenters. The maximum Gasteiger partial charge on any atom is 0.143 e. The molecule has 9 aromatic carbocycles. The van der Waals surface area contributed by atoms with E-state index in [0.717, 1.165) is 50.1 Å². The molecule has 2 nitrogen and oxygen atoms in total. The molecule has 0 aliphatic heterocycles. The Balaban J connectivity index is 1.14. The van der Waals surface area contributed by atoms with Crippen molar-refractivity contribution in [1.82, 2.24) is 0 Å². The number of hydrogen-bond donors (Lipinski definition) is 0. The SMILES string of the molecule is CC(C)(C)c1cc(N(c2ccc(-c3ccccc3)cc2)c2ccc(-c3cccc4c3oc3ccccc34)cc2)cc(C2(c3ccccc3)c3ccccc3-c3ccccc32)c1. The smallest absolute Gasteiger partial charge is 0.143 e. The fraction of sp³-hybridized carbons (Fsp3) is 0.0847. The summed E-state index contributed by atoms with van der Waals surface area (Å²) in [5.74, 6) is 0. The predicted octanol–water partition coefficient (Wildman–Crippen LogP) is 16.1. The first-order valence-electron chi connectivity index (χ1n) is 21.3. The van der Waals surface area contributed by atoms with Crippen LogP contribution in [0.2, 0.25) is 0 Å². The summed E-state index contributed by atoms with van der Waals surface area (Å²) in [6.45, 7) is 6.98. The maximum atomic E-state index is 6.49. The molecule has 0 atom stereocenters. The lowest BCUT2D eigenvalue weighted by Gasteiger charge is -2.37. The summed E-state index contributed by atoms with van der Waals surface area (Å²) >= 11 is 0. The van der Waals surface area contributed by atoms with Gasteiger partial charge in [-0.15, -0.1) is 0 Å². The number of hydrogen-bond acceptors (Lipinski definition) is 2. The highest BCUT2D eigenvalue weighted by atomic mass is 16.3. The van der Waals surface area contributed by atoms with Gasteiger partial charge in [0.2, 0.25) is 0 Å². The van der Waals surface area contributed by atoms with Crippen molar-refractivity contribution in [3.63, 3.8) is 0 Å². The van der Waals surface area contributed by atoms with E-state index >= 15 is 0 Å². The zero-order valence-electron chi connectivity index (χ0n) is 34.6. The number of nitrogens with zero attached hydrogens (tertiary/aromatic N) is 1. The zero-order chi connectivity index (χ0) is 41.1. The lowest BCUT2D eigenvalue weighted by Crippen LogP contribution is -2.29. The van der Waals surface area contributed by atoms with E-state index in [1.807, 2.05) is 12.1 Å². The lowest BCUT2D eigenvalue weighted by atomic mass is 9.66. The highest BCUT2D eigenvalue weighted by Crippen LogP contribution is 2.57. The first-order chi connectivity index (χ1) is 29.9. The number of rotatable bonds is 7. The Kier molecular flexibility index (Phi) is 8.65. The average Bonchev–Trinajstić information content (AvgIpc) is 3.84. The largest absolute Gasteiger partial charge is 0.455 e. The second-order valence-electron chi connectivity index (χ2n) is 17.3. The molecule has 1 aromatic heterocycles. The Morgan fingerprint density at radius 1 is 0.393 bits per heavy atom. The van der Waals surface area contributed by atoms with E-state index in [1.54, 1.807) is 0 Å². The maximum absolute atomic E-state index is 6.49. The highest BCUT2D eigenvalue weighted by Gasteiger charge is 2.46. The Morgan fingerprint density at radius 3 is 1.57 bits per heavy atom. The van der Waals surface area contributed by atoms with Gasteiger partial charge in [-0.25, -0.2) is 0 Å². The first-order valence-corrected chi connectivity index (χ1v) is 21.3. The molecule has 0 N–H and O–H groups in total. The molecule has 0 saturated carbocycles. The van der Waals surface area contributed by atoms with E-state index in [4.69, 9.17) is 4.42 Å². The molecule has 0 fully saturated rings. The number of anilines is 3. The van der Waals surface area contributed by atoms with Gasteiger partial charge in [0.1, 0.15) is 11.2 Å². The van der Waals surface area contributed by atoms with E-state index in [-0.39, 0.29) is 5.41 Å². The van der Waals surface area contributed by atoms with Crippen molar-refractivity contribution >= 4 is 39.0 Å². The van der Waals surface area contributed by atoms with E-state index in [1.165, 1.54) is 50.1 Å². The molecule has 292 valence electrons. The molecule has 0 bridgehead atoms. The van der Waals surface area contributed by atoms with Gasteiger partial charge < -0.3 is 9.32 Å². The van der Waals surface area contributed by atoms with Crippen LogP contribution >= 0.6 is 0 Å². The van der Waals surface area contributed by atoms with Crippen LogP contribution in [-0.4, -0.2) is 0 Å². The van der Waals surface area contributed by atoms with Crippen molar-refractivity contribution in [1.29, 1.82) is 0 Å². The zero-order valence-corrected chi connectivity index (χ0v) is 34.6. The van der Waals surface area contributed by atoms with Crippen molar-refractivity contribution < 1.29 is 4.42 Å². The van der Waals surface area contributed by atoms with Gasteiger partial charge in [-0.3, -0.25) is 0 Å². The molecule has 11 rings (SSSR count). The van der Waals surface area contributed by atoms with Gasteiger partial charge in [-0.1, -0.05) is 197 Å². The van der Waals surface area contributed by atoms with Gasteiger partial charge >= 0.3 is 0 Å². The first kappa shape index (κ1) is 36.6. The van der Waals surface area contributed by atoms with Crippen molar-refractivity contribution in [2.45, 2.75) is 31.6 Å².